The number of hydrogen-bond acceptors (Lipinski definition) is 4. The van der Waals surface area contributed by atoms with Gasteiger partial charge in [0.15, 0.2) is 0 Å². The Kier molecular flexibility index (Phi) is 4.27. The fraction of sp³-hybridized carbons (Fsp3) is 0.312. The predicted molar refractivity (Wildman–Crippen MR) is 86.0 cm³/mol. The molecular weight excluding hydrogens is 286 g/mol. The van der Waals surface area contributed by atoms with Crippen LogP contribution in [0.25, 0.3) is 0 Å². The van der Waals surface area contributed by atoms with Crippen LogP contribution in [0.4, 0.5) is 11.5 Å². The van der Waals surface area contributed by atoms with E-state index in [0.717, 1.165) is 48.3 Å². The zero-order valence-electron chi connectivity index (χ0n) is 11.7. The number of aliphatic hydroxyl groups is 1. The van der Waals surface area contributed by atoms with Crippen LogP contribution in [-0.4, -0.2) is 36.3 Å². The molecule has 2 aromatic rings. The molecular formula is C16H18ClN3O. The monoisotopic (exact) mass is 303 g/mol. The summed E-state index contributed by atoms with van der Waals surface area (Å²) in [6, 6.07) is 11.7. The number of halogens is 1. The lowest BCUT2D eigenvalue weighted by atomic mass is 10.2. The number of piperazine rings is 1. The number of aromatic nitrogens is 1. The van der Waals surface area contributed by atoms with Crippen LogP contribution in [0.15, 0.2) is 42.6 Å². The van der Waals surface area contributed by atoms with Crippen molar-refractivity contribution in [2.24, 2.45) is 0 Å². The van der Waals surface area contributed by atoms with Gasteiger partial charge in [0, 0.05) is 32.4 Å². The van der Waals surface area contributed by atoms with Crippen molar-refractivity contribution in [3.8, 4) is 0 Å². The Labute approximate surface area is 129 Å². The Morgan fingerprint density at radius 3 is 2.48 bits per heavy atom. The van der Waals surface area contributed by atoms with Crippen molar-refractivity contribution in [3.05, 3.63) is 53.2 Å². The summed E-state index contributed by atoms with van der Waals surface area (Å²) in [5, 5.41) is 10.0. The van der Waals surface area contributed by atoms with Crippen LogP contribution in [0.5, 0.6) is 0 Å². The normalized spacial score (nSPS) is 15.3. The van der Waals surface area contributed by atoms with Gasteiger partial charge in [-0.05, 0) is 29.8 Å². The molecule has 0 amide bonds. The maximum Gasteiger partial charge on any atom is 0.128 e. The lowest BCUT2D eigenvalue weighted by Gasteiger charge is -2.37. The molecule has 0 atom stereocenters. The van der Waals surface area contributed by atoms with Gasteiger partial charge in [0.2, 0.25) is 0 Å². The number of pyridine rings is 1. The average molecular weight is 304 g/mol. The topological polar surface area (TPSA) is 39.6 Å². The Morgan fingerprint density at radius 2 is 1.76 bits per heavy atom. The highest BCUT2D eigenvalue weighted by Gasteiger charge is 2.19. The fourth-order valence-electron chi connectivity index (χ4n) is 2.62. The molecule has 1 fully saturated rings. The van der Waals surface area contributed by atoms with Crippen molar-refractivity contribution in [1.29, 1.82) is 0 Å². The van der Waals surface area contributed by atoms with Crippen LogP contribution < -0.4 is 9.80 Å². The van der Waals surface area contributed by atoms with Gasteiger partial charge < -0.3 is 14.9 Å². The van der Waals surface area contributed by atoms with Gasteiger partial charge in [-0.25, -0.2) is 4.98 Å². The maximum atomic E-state index is 9.21. The van der Waals surface area contributed by atoms with Gasteiger partial charge in [0.1, 0.15) is 5.82 Å². The minimum absolute atomic E-state index is 0.0507. The smallest absolute Gasteiger partial charge is 0.128 e. The van der Waals surface area contributed by atoms with Crippen LogP contribution in [0.2, 0.25) is 5.02 Å². The van der Waals surface area contributed by atoms with E-state index in [1.165, 1.54) is 0 Å². The summed E-state index contributed by atoms with van der Waals surface area (Å²) in [5.41, 5.74) is 1.99. The molecule has 2 heterocycles. The number of rotatable bonds is 3. The summed E-state index contributed by atoms with van der Waals surface area (Å²) < 4.78 is 0. The van der Waals surface area contributed by atoms with E-state index in [1.807, 2.05) is 30.3 Å². The molecule has 0 saturated carbocycles. The molecule has 0 bridgehead atoms. The van der Waals surface area contributed by atoms with Gasteiger partial charge >= 0.3 is 0 Å². The molecule has 0 unspecified atom stereocenters. The third-order valence-electron chi connectivity index (χ3n) is 3.79. The van der Waals surface area contributed by atoms with Crippen molar-refractivity contribution in [2.45, 2.75) is 6.61 Å². The average Bonchev–Trinajstić information content (AvgIpc) is 2.56. The van der Waals surface area contributed by atoms with Crippen LogP contribution in [0, 0.1) is 0 Å². The highest BCUT2D eigenvalue weighted by atomic mass is 35.5. The van der Waals surface area contributed by atoms with Crippen molar-refractivity contribution >= 4 is 23.1 Å². The number of nitrogens with zero attached hydrogens (tertiary/aromatic N) is 3. The minimum atomic E-state index is 0.0507. The first-order valence-electron chi connectivity index (χ1n) is 7.08. The summed E-state index contributed by atoms with van der Waals surface area (Å²) in [6.45, 7) is 3.67. The number of aliphatic hydroxyl groups excluding tert-OH is 1. The highest BCUT2D eigenvalue weighted by Crippen LogP contribution is 2.26. The quantitative estimate of drug-likeness (QED) is 0.946. The second-order valence-electron chi connectivity index (χ2n) is 5.11. The van der Waals surface area contributed by atoms with Gasteiger partial charge in [-0.2, -0.15) is 0 Å². The second-order valence-corrected chi connectivity index (χ2v) is 5.51. The fourth-order valence-corrected chi connectivity index (χ4v) is 2.87. The van der Waals surface area contributed by atoms with Gasteiger partial charge in [-0.1, -0.05) is 23.7 Å². The summed E-state index contributed by atoms with van der Waals surface area (Å²) in [7, 11) is 0. The SMILES string of the molecule is OCc1ccnc(N2CCN(c3ccccc3Cl)CC2)c1. The molecule has 1 aromatic heterocycles. The number of hydrogen-bond donors (Lipinski definition) is 1. The third-order valence-corrected chi connectivity index (χ3v) is 4.11. The molecule has 1 aliphatic rings. The van der Waals surface area contributed by atoms with E-state index in [-0.39, 0.29) is 6.61 Å². The Bertz CT molecular complexity index is 612. The lowest BCUT2D eigenvalue weighted by Crippen LogP contribution is -2.47. The molecule has 0 radical (unpaired) electrons. The molecule has 21 heavy (non-hydrogen) atoms. The summed E-state index contributed by atoms with van der Waals surface area (Å²) in [5.74, 6) is 0.931. The first kappa shape index (κ1) is 14.2. The Hall–Kier alpha value is -1.78. The molecule has 110 valence electrons. The molecule has 1 aliphatic heterocycles. The standard InChI is InChI=1S/C16H18ClN3O/c17-14-3-1-2-4-15(14)19-7-9-20(10-8-19)16-11-13(12-21)5-6-18-16/h1-6,11,21H,7-10,12H2. The number of para-hydroxylation sites is 1. The summed E-state index contributed by atoms with van der Waals surface area (Å²) in [4.78, 5) is 8.94. The van der Waals surface area contributed by atoms with E-state index in [2.05, 4.69) is 20.9 Å². The van der Waals surface area contributed by atoms with Crippen LogP contribution in [0.1, 0.15) is 5.56 Å². The summed E-state index contributed by atoms with van der Waals surface area (Å²) >= 11 is 6.26. The first-order chi connectivity index (χ1) is 10.3. The van der Waals surface area contributed by atoms with E-state index in [1.54, 1.807) is 6.20 Å². The third kappa shape index (κ3) is 3.12. The van der Waals surface area contributed by atoms with Gasteiger partial charge in [0.05, 0.1) is 17.3 Å². The lowest BCUT2D eigenvalue weighted by molar-refractivity contribution is 0.281. The molecule has 0 spiro atoms. The Morgan fingerprint density at radius 1 is 1.05 bits per heavy atom. The summed E-state index contributed by atoms with van der Waals surface area (Å²) in [6.07, 6.45) is 1.75. The molecule has 1 N–H and O–H groups in total. The zero-order chi connectivity index (χ0) is 14.7. The van der Waals surface area contributed by atoms with Crippen LogP contribution >= 0.6 is 11.6 Å². The van der Waals surface area contributed by atoms with Crippen molar-refractivity contribution in [1.82, 2.24) is 4.98 Å². The van der Waals surface area contributed by atoms with E-state index in [9.17, 15) is 5.11 Å². The maximum absolute atomic E-state index is 9.21. The van der Waals surface area contributed by atoms with Crippen LogP contribution in [-0.2, 0) is 6.61 Å². The Balaban J connectivity index is 1.69. The molecule has 5 heteroatoms. The molecule has 4 nitrogen and oxygen atoms in total. The van der Waals surface area contributed by atoms with Crippen LogP contribution in [0.3, 0.4) is 0 Å². The van der Waals surface area contributed by atoms with Gasteiger partial charge in [-0.3, -0.25) is 0 Å². The van der Waals surface area contributed by atoms with Crippen molar-refractivity contribution < 1.29 is 5.11 Å². The van der Waals surface area contributed by atoms with E-state index in [4.69, 9.17) is 11.6 Å². The second kappa shape index (κ2) is 6.33. The molecule has 1 aromatic carbocycles. The highest BCUT2D eigenvalue weighted by molar-refractivity contribution is 6.33. The molecule has 0 aliphatic carbocycles. The van der Waals surface area contributed by atoms with Crippen molar-refractivity contribution in [3.63, 3.8) is 0 Å². The van der Waals surface area contributed by atoms with Gasteiger partial charge in [-0.15, -0.1) is 0 Å². The predicted octanol–water partition coefficient (Wildman–Crippen LogP) is 2.55. The zero-order valence-corrected chi connectivity index (χ0v) is 12.5. The molecule has 1 saturated heterocycles. The minimum Gasteiger partial charge on any atom is -0.392 e. The van der Waals surface area contributed by atoms with E-state index >= 15 is 0 Å². The number of benzene rings is 1. The van der Waals surface area contributed by atoms with E-state index in [0.29, 0.717) is 0 Å². The van der Waals surface area contributed by atoms with E-state index < -0.39 is 0 Å². The largest absolute Gasteiger partial charge is 0.392 e. The van der Waals surface area contributed by atoms with Crippen molar-refractivity contribution in [2.75, 3.05) is 36.0 Å². The number of anilines is 2. The van der Waals surface area contributed by atoms with Gasteiger partial charge in [0.25, 0.3) is 0 Å². The molecule has 3 rings (SSSR count). The first-order valence-corrected chi connectivity index (χ1v) is 7.46.